The number of nitrogens with two attached hydrogens (primary N) is 1. The molecule has 10 rings (SSSR count). The molecule has 8 aromatic rings. The van der Waals surface area contributed by atoms with Gasteiger partial charge < -0.3 is 34.2 Å². The van der Waals surface area contributed by atoms with E-state index in [1.165, 1.54) is 44.1 Å². The molecule has 19 nitrogen and oxygen atoms in total. The van der Waals surface area contributed by atoms with Gasteiger partial charge in [0, 0.05) is 65.2 Å². The third kappa shape index (κ3) is 16.0. The first-order valence-corrected chi connectivity index (χ1v) is 30.9. The quantitative estimate of drug-likeness (QED) is 0.0633. The lowest BCUT2D eigenvalue weighted by Gasteiger charge is -2.38. The monoisotopic (exact) mass is 1230 g/mol. The predicted octanol–water partition coefficient (Wildman–Crippen LogP) is 8.17. The number of ether oxygens (including phenoxy) is 3. The van der Waals surface area contributed by atoms with E-state index in [0.29, 0.717) is 29.2 Å². The number of aliphatic carboxylic acids is 1. The van der Waals surface area contributed by atoms with Crippen molar-refractivity contribution >= 4 is 44.1 Å². The van der Waals surface area contributed by atoms with Gasteiger partial charge in [-0.25, -0.2) is 14.7 Å². The zero-order valence-electron chi connectivity index (χ0n) is 49.2. The average Bonchev–Trinajstić information content (AvgIpc) is 1.73. The summed E-state index contributed by atoms with van der Waals surface area (Å²) in [5.74, 6) is -2.72. The van der Waals surface area contributed by atoms with Crippen molar-refractivity contribution in [2.75, 3.05) is 35.3 Å². The molecule has 2 aliphatic rings. The van der Waals surface area contributed by atoms with Gasteiger partial charge >= 0.3 is 16.2 Å². The molecule has 0 unspecified atom stereocenters. The van der Waals surface area contributed by atoms with Crippen molar-refractivity contribution in [3.05, 3.63) is 262 Å². The van der Waals surface area contributed by atoms with Crippen LogP contribution in [0.5, 0.6) is 23.0 Å². The standard InChI is InChI=1S/C33H33N3O6S.C32H29NO5.C2H8N2O2S/c1-35(2)43(40,41)34-32(38)28-20-27-26(18-19-29(37)31(27)42-22-23-12-6-3-7-13-23)21-36(28)33(39)30(24-14-8-4-9-15-24)25-16-10-5-11-17-25;1-37-28-18-17-25-20-33(31(34)29(23-13-7-3-8-14-23)24-15-9-4-10-16-24)27(32(35)36)19-26(25)30(28)38-21-22-11-5-2-6-12-22;1-4(2)7(3,5)6/h3-19,28,30,37H,20-22H2,1-2H3,(H,34,38);2-18,27,29H,19-21H2,1H3,(H,35,36);1-2H3,(H2,3,5,6)/t28-;27-;/m00./s1. The third-order valence-corrected chi connectivity index (χ3v) is 17.4. The van der Waals surface area contributed by atoms with Gasteiger partial charge in [0.1, 0.15) is 25.3 Å². The summed E-state index contributed by atoms with van der Waals surface area (Å²) in [6.45, 7) is 0.654. The van der Waals surface area contributed by atoms with Crippen LogP contribution in [0.4, 0.5) is 0 Å². The molecule has 0 bridgehead atoms. The Labute approximate surface area is 513 Å². The first-order valence-electron chi connectivity index (χ1n) is 28.0. The Morgan fingerprint density at radius 2 is 0.886 bits per heavy atom. The Kier molecular flexibility index (Phi) is 21.5. The molecule has 5 N–H and O–H groups in total. The molecule has 0 saturated heterocycles. The Bertz CT molecular complexity index is 3830. The summed E-state index contributed by atoms with van der Waals surface area (Å²) < 4.78 is 67.2. The number of phenols is 1. The lowest BCUT2D eigenvalue weighted by molar-refractivity contribution is -0.151. The number of carbonyl (C=O) groups excluding carboxylic acids is 3. The second-order valence-corrected chi connectivity index (χ2v) is 24.8. The van der Waals surface area contributed by atoms with Crippen molar-refractivity contribution in [3.8, 4) is 23.0 Å². The zero-order chi connectivity index (χ0) is 63.1. The highest BCUT2D eigenvalue weighted by Crippen LogP contribution is 2.42. The van der Waals surface area contributed by atoms with Crippen LogP contribution < -0.4 is 24.1 Å². The Balaban J connectivity index is 0.000000207. The fraction of sp³-hybridized carbons (Fsp3) is 0.224. The van der Waals surface area contributed by atoms with E-state index in [0.717, 1.165) is 53.1 Å². The molecule has 2 aliphatic heterocycles. The second kappa shape index (κ2) is 29.3. The van der Waals surface area contributed by atoms with E-state index >= 15 is 0 Å². The third-order valence-electron chi connectivity index (χ3n) is 15.0. The van der Waals surface area contributed by atoms with Crippen LogP contribution in [-0.2, 0) is 78.7 Å². The SMILES string of the molecule is CN(C)S(=O)(=O)NC(=O)[C@@H]1Cc2c(ccc(O)c2OCc2ccccc2)CN1C(=O)C(c1ccccc1)c1ccccc1.CN(C)S(N)(=O)=O.COc1ccc2c(c1OCc1ccccc1)C[C@@H](C(=O)O)N(C(=O)C(c1ccccc1)c1ccccc1)C2. The van der Waals surface area contributed by atoms with Gasteiger partial charge in [-0.3, -0.25) is 14.4 Å². The van der Waals surface area contributed by atoms with Gasteiger partial charge in [-0.1, -0.05) is 194 Å². The van der Waals surface area contributed by atoms with Crippen molar-refractivity contribution in [3.63, 3.8) is 0 Å². The number of hydrogen-bond acceptors (Lipinski definition) is 12. The van der Waals surface area contributed by atoms with Gasteiger partial charge in [0.05, 0.1) is 18.9 Å². The normalized spacial score (nSPS) is 14.5. The number of methoxy groups -OCH3 is 1. The van der Waals surface area contributed by atoms with Crippen molar-refractivity contribution in [2.45, 2.75) is 63.1 Å². The highest BCUT2D eigenvalue weighted by atomic mass is 32.2. The molecule has 3 amide bonds. The Morgan fingerprint density at radius 3 is 1.26 bits per heavy atom. The number of hydrogen-bond donors (Lipinski definition) is 4. The summed E-state index contributed by atoms with van der Waals surface area (Å²) in [4.78, 5) is 57.8. The molecule has 458 valence electrons. The number of amides is 3. The summed E-state index contributed by atoms with van der Waals surface area (Å²) in [5.41, 5.74) is 7.82. The lowest BCUT2D eigenvalue weighted by Crippen LogP contribution is -2.55. The predicted molar refractivity (Wildman–Crippen MR) is 333 cm³/mol. The maximum atomic E-state index is 14.5. The number of aromatic hydroxyl groups is 1. The molecular weight excluding hydrogens is 1160 g/mol. The number of carboxylic acid groups (broad SMARTS) is 1. The van der Waals surface area contributed by atoms with E-state index in [2.05, 4.69) is 9.86 Å². The number of carboxylic acids is 1. The second-order valence-electron chi connectivity index (χ2n) is 21.1. The van der Waals surface area contributed by atoms with Crippen LogP contribution in [0.1, 0.15) is 67.5 Å². The van der Waals surface area contributed by atoms with Crippen LogP contribution in [0, 0.1) is 0 Å². The molecule has 21 heteroatoms. The highest BCUT2D eigenvalue weighted by Gasteiger charge is 2.43. The summed E-state index contributed by atoms with van der Waals surface area (Å²) in [6, 6.07) is 61.3. The minimum absolute atomic E-state index is 0.00636. The molecular formula is C67H70N6O13S2. The first-order chi connectivity index (χ1) is 42.2. The molecule has 88 heavy (non-hydrogen) atoms. The Hall–Kier alpha value is -9.38. The van der Waals surface area contributed by atoms with Crippen LogP contribution in [0.3, 0.4) is 0 Å². The Morgan fingerprint density at radius 1 is 0.534 bits per heavy atom. The van der Waals surface area contributed by atoms with E-state index in [4.69, 9.17) is 14.2 Å². The van der Waals surface area contributed by atoms with Gasteiger partial charge in [0.2, 0.25) is 11.8 Å². The van der Waals surface area contributed by atoms with Gasteiger partial charge in [0.15, 0.2) is 23.0 Å². The van der Waals surface area contributed by atoms with E-state index in [1.807, 2.05) is 194 Å². The van der Waals surface area contributed by atoms with Crippen LogP contribution in [0.25, 0.3) is 0 Å². The number of fused-ring (bicyclic) bond motifs is 2. The van der Waals surface area contributed by atoms with Gasteiger partial charge in [-0.2, -0.15) is 25.4 Å². The number of benzene rings is 8. The van der Waals surface area contributed by atoms with Crippen LogP contribution in [0.2, 0.25) is 0 Å². The summed E-state index contributed by atoms with van der Waals surface area (Å²) in [5, 5.41) is 25.6. The summed E-state index contributed by atoms with van der Waals surface area (Å²) >= 11 is 0. The number of phenolic OH excluding ortho intramolecular Hbond substituents is 1. The number of nitrogens with one attached hydrogen (secondary N) is 1. The van der Waals surface area contributed by atoms with Crippen molar-refractivity contribution in [1.82, 2.24) is 23.1 Å². The molecule has 0 radical (unpaired) electrons. The summed E-state index contributed by atoms with van der Waals surface area (Å²) in [6.07, 6.45) is 0.0543. The average molecular weight is 1230 g/mol. The van der Waals surface area contributed by atoms with Gasteiger partial charge in [0.25, 0.3) is 16.1 Å². The molecule has 0 aromatic heterocycles. The molecule has 0 aliphatic carbocycles. The fourth-order valence-electron chi connectivity index (χ4n) is 10.3. The molecule has 2 atom stereocenters. The highest BCUT2D eigenvalue weighted by molar-refractivity contribution is 7.87. The minimum Gasteiger partial charge on any atom is -0.504 e. The molecule has 2 heterocycles. The first kappa shape index (κ1) is 64.6. The maximum absolute atomic E-state index is 14.5. The molecule has 0 saturated carbocycles. The van der Waals surface area contributed by atoms with Crippen molar-refractivity contribution in [2.24, 2.45) is 5.14 Å². The van der Waals surface area contributed by atoms with Gasteiger partial charge in [-0.15, -0.1) is 0 Å². The van der Waals surface area contributed by atoms with Crippen molar-refractivity contribution < 1.29 is 60.4 Å². The molecule has 8 aromatic carbocycles. The van der Waals surface area contributed by atoms with Crippen LogP contribution in [0.15, 0.2) is 206 Å². The number of rotatable bonds is 18. The van der Waals surface area contributed by atoms with Gasteiger partial charge in [-0.05, 0) is 56.6 Å². The molecule has 0 spiro atoms. The van der Waals surface area contributed by atoms with Crippen molar-refractivity contribution in [1.29, 1.82) is 0 Å². The van der Waals surface area contributed by atoms with E-state index < -0.39 is 56.2 Å². The fourth-order valence-corrected chi connectivity index (χ4v) is 10.8. The zero-order valence-corrected chi connectivity index (χ0v) is 50.9. The lowest BCUT2D eigenvalue weighted by atomic mass is 9.86. The van der Waals surface area contributed by atoms with E-state index in [1.54, 1.807) is 13.2 Å². The van der Waals surface area contributed by atoms with Crippen LogP contribution >= 0.6 is 0 Å². The molecule has 0 fully saturated rings. The van der Waals surface area contributed by atoms with Crippen LogP contribution in [-0.4, -0.2) is 117 Å². The smallest absolute Gasteiger partial charge is 0.326 e. The summed E-state index contributed by atoms with van der Waals surface area (Å²) in [7, 11) is -0.632. The minimum atomic E-state index is -4.15. The largest absolute Gasteiger partial charge is 0.504 e. The maximum Gasteiger partial charge on any atom is 0.326 e. The van der Waals surface area contributed by atoms with E-state index in [9.17, 15) is 46.2 Å². The van der Waals surface area contributed by atoms with E-state index in [-0.39, 0.29) is 55.9 Å². The number of nitrogens with zero attached hydrogens (tertiary/aromatic N) is 4. The number of carbonyl (C=O) groups is 4. The topological polar surface area (TPSA) is 256 Å².